The molecule has 0 bridgehead atoms. The van der Waals surface area contributed by atoms with Crippen molar-refractivity contribution in [2.24, 2.45) is 5.92 Å². The molecular formula is C19H24N6O2. The standard InChI is InChI=1S/C19H24N6O2/c1-13(12-25-15(3)10-14(2)23-25)11-21-17(26)7-8-18-22-19(24-27-18)16-6-4-5-9-20-16/h4-6,9-10,13H,7-8,11-12H2,1-3H3,(H,21,26). The van der Waals surface area contributed by atoms with Gasteiger partial charge in [0.05, 0.1) is 5.69 Å². The monoisotopic (exact) mass is 368 g/mol. The Hall–Kier alpha value is -3.03. The number of carbonyl (C=O) groups excluding carboxylic acids is 1. The van der Waals surface area contributed by atoms with E-state index in [1.165, 1.54) is 0 Å². The summed E-state index contributed by atoms with van der Waals surface area (Å²) in [5.74, 6) is 1.12. The first-order valence-electron chi connectivity index (χ1n) is 9.03. The van der Waals surface area contributed by atoms with Crippen molar-refractivity contribution >= 4 is 5.91 Å². The number of aromatic nitrogens is 5. The van der Waals surface area contributed by atoms with Crippen molar-refractivity contribution in [2.75, 3.05) is 6.54 Å². The predicted molar refractivity (Wildman–Crippen MR) is 99.7 cm³/mol. The Bertz CT molecular complexity index is 887. The molecule has 0 radical (unpaired) electrons. The highest BCUT2D eigenvalue weighted by Crippen LogP contribution is 2.12. The van der Waals surface area contributed by atoms with Gasteiger partial charge in [0.25, 0.3) is 0 Å². The van der Waals surface area contributed by atoms with Gasteiger partial charge in [-0.05, 0) is 38.0 Å². The number of pyridine rings is 1. The minimum absolute atomic E-state index is 0.0344. The van der Waals surface area contributed by atoms with Crippen LogP contribution in [-0.2, 0) is 17.8 Å². The van der Waals surface area contributed by atoms with Crippen molar-refractivity contribution in [3.63, 3.8) is 0 Å². The van der Waals surface area contributed by atoms with Crippen LogP contribution in [0.15, 0.2) is 35.0 Å². The van der Waals surface area contributed by atoms with Crippen LogP contribution in [0.2, 0.25) is 0 Å². The van der Waals surface area contributed by atoms with Crippen molar-refractivity contribution in [3.8, 4) is 11.5 Å². The molecule has 3 rings (SSSR count). The molecule has 3 aromatic heterocycles. The second kappa shape index (κ2) is 8.57. The smallest absolute Gasteiger partial charge is 0.227 e. The Labute approximate surface area is 158 Å². The quantitative estimate of drug-likeness (QED) is 0.655. The van der Waals surface area contributed by atoms with Crippen LogP contribution in [0.4, 0.5) is 0 Å². The maximum atomic E-state index is 12.1. The van der Waals surface area contributed by atoms with Gasteiger partial charge in [-0.25, -0.2) is 0 Å². The summed E-state index contributed by atoms with van der Waals surface area (Å²) in [6.07, 6.45) is 2.38. The number of aryl methyl sites for hydroxylation is 3. The van der Waals surface area contributed by atoms with Gasteiger partial charge in [0.15, 0.2) is 0 Å². The molecule has 0 fully saturated rings. The van der Waals surface area contributed by atoms with E-state index in [9.17, 15) is 4.79 Å². The minimum atomic E-state index is -0.0344. The van der Waals surface area contributed by atoms with Crippen LogP contribution in [0.5, 0.6) is 0 Å². The Morgan fingerprint density at radius 3 is 2.89 bits per heavy atom. The minimum Gasteiger partial charge on any atom is -0.356 e. The molecule has 0 aliphatic rings. The number of nitrogens with one attached hydrogen (secondary N) is 1. The summed E-state index contributed by atoms with van der Waals surface area (Å²) in [7, 11) is 0. The molecule has 0 saturated heterocycles. The lowest BCUT2D eigenvalue weighted by Gasteiger charge is -2.13. The number of hydrogen-bond donors (Lipinski definition) is 1. The van der Waals surface area contributed by atoms with Gasteiger partial charge in [0.1, 0.15) is 5.69 Å². The molecule has 0 spiro atoms. The van der Waals surface area contributed by atoms with Crippen LogP contribution in [0.25, 0.3) is 11.5 Å². The van der Waals surface area contributed by atoms with Gasteiger partial charge in [0, 0.05) is 37.8 Å². The van der Waals surface area contributed by atoms with E-state index in [4.69, 9.17) is 4.52 Å². The van der Waals surface area contributed by atoms with E-state index in [-0.39, 0.29) is 11.8 Å². The normalized spacial score (nSPS) is 12.1. The number of hydrogen-bond acceptors (Lipinski definition) is 6. The van der Waals surface area contributed by atoms with Crippen LogP contribution < -0.4 is 5.32 Å². The maximum Gasteiger partial charge on any atom is 0.227 e. The van der Waals surface area contributed by atoms with Gasteiger partial charge in [-0.2, -0.15) is 10.1 Å². The molecule has 27 heavy (non-hydrogen) atoms. The van der Waals surface area contributed by atoms with E-state index < -0.39 is 0 Å². The van der Waals surface area contributed by atoms with Gasteiger partial charge in [-0.15, -0.1) is 0 Å². The fraction of sp³-hybridized carbons (Fsp3) is 0.421. The first-order chi connectivity index (χ1) is 13.0. The van der Waals surface area contributed by atoms with Crippen molar-refractivity contribution in [1.82, 2.24) is 30.2 Å². The zero-order valence-electron chi connectivity index (χ0n) is 15.8. The van der Waals surface area contributed by atoms with Gasteiger partial charge in [-0.1, -0.05) is 18.1 Å². The highest BCUT2D eigenvalue weighted by molar-refractivity contribution is 5.76. The lowest BCUT2D eigenvalue weighted by molar-refractivity contribution is -0.121. The number of carbonyl (C=O) groups is 1. The zero-order chi connectivity index (χ0) is 19.2. The molecule has 8 nitrogen and oxygen atoms in total. The SMILES string of the molecule is Cc1cc(C)n(CC(C)CNC(=O)CCc2nc(-c3ccccn3)no2)n1. The molecule has 0 aliphatic heterocycles. The van der Waals surface area contributed by atoms with Gasteiger partial charge in [-0.3, -0.25) is 14.5 Å². The van der Waals surface area contributed by atoms with Crippen LogP contribution >= 0.6 is 0 Å². The lowest BCUT2D eigenvalue weighted by atomic mass is 10.1. The van der Waals surface area contributed by atoms with E-state index in [0.717, 1.165) is 17.9 Å². The largest absolute Gasteiger partial charge is 0.356 e. The Morgan fingerprint density at radius 2 is 2.19 bits per heavy atom. The van der Waals surface area contributed by atoms with Crippen LogP contribution in [0.1, 0.15) is 30.6 Å². The van der Waals surface area contributed by atoms with E-state index in [1.807, 2.05) is 36.7 Å². The third kappa shape index (κ3) is 5.22. The third-order valence-electron chi connectivity index (χ3n) is 4.16. The molecule has 3 heterocycles. The molecule has 1 amide bonds. The maximum absolute atomic E-state index is 12.1. The van der Waals surface area contributed by atoms with E-state index in [0.29, 0.717) is 36.8 Å². The summed E-state index contributed by atoms with van der Waals surface area (Å²) in [6.45, 7) is 7.48. The van der Waals surface area contributed by atoms with Crippen molar-refractivity contribution < 1.29 is 9.32 Å². The lowest BCUT2D eigenvalue weighted by Crippen LogP contribution is -2.30. The van der Waals surface area contributed by atoms with Gasteiger partial charge in [0.2, 0.25) is 17.6 Å². The number of amides is 1. The van der Waals surface area contributed by atoms with Gasteiger partial charge >= 0.3 is 0 Å². The predicted octanol–water partition coefficient (Wildman–Crippen LogP) is 2.33. The topological polar surface area (TPSA) is 98.7 Å². The average Bonchev–Trinajstić information content (AvgIpc) is 3.25. The fourth-order valence-electron chi connectivity index (χ4n) is 2.77. The average molecular weight is 368 g/mol. The van der Waals surface area contributed by atoms with Crippen LogP contribution in [-0.4, -0.2) is 37.4 Å². The summed E-state index contributed by atoms with van der Waals surface area (Å²) in [5.41, 5.74) is 2.79. The molecule has 142 valence electrons. The first kappa shape index (κ1) is 18.8. The fourth-order valence-corrected chi connectivity index (χ4v) is 2.77. The summed E-state index contributed by atoms with van der Waals surface area (Å²) in [4.78, 5) is 20.5. The molecule has 1 atom stereocenters. The Morgan fingerprint density at radius 1 is 1.33 bits per heavy atom. The molecule has 1 N–H and O–H groups in total. The second-order valence-electron chi connectivity index (χ2n) is 6.75. The van der Waals surface area contributed by atoms with Crippen molar-refractivity contribution in [2.45, 2.75) is 40.2 Å². The zero-order valence-corrected chi connectivity index (χ0v) is 15.8. The molecule has 8 heteroatoms. The summed E-state index contributed by atoms with van der Waals surface area (Å²) in [6, 6.07) is 7.55. The Kier molecular flexibility index (Phi) is 5.95. The Balaban J connectivity index is 1.42. The summed E-state index contributed by atoms with van der Waals surface area (Å²) < 4.78 is 7.17. The number of rotatable bonds is 8. The van der Waals surface area contributed by atoms with E-state index in [2.05, 4.69) is 38.5 Å². The van der Waals surface area contributed by atoms with Crippen LogP contribution in [0.3, 0.4) is 0 Å². The summed E-state index contributed by atoms with van der Waals surface area (Å²) in [5, 5.41) is 11.3. The third-order valence-corrected chi connectivity index (χ3v) is 4.16. The van der Waals surface area contributed by atoms with E-state index in [1.54, 1.807) is 6.20 Å². The van der Waals surface area contributed by atoms with Crippen molar-refractivity contribution in [3.05, 3.63) is 47.7 Å². The first-order valence-corrected chi connectivity index (χ1v) is 9.03. The molecule has 0 aliphatic carbocycles. The van der Waals surface area contributed by atoms with Gasteiger partial charge < -0.3 is 9.84 Å². The highest BCUT2D eigenvalue weighted by atomic mass is 16.5. The van der Waals surface area contributed by atoms with Crippen molar-refractivity contribution in [1.29, 1.82) is 0 Å². The van der Waals surface area contributed by atoms with E-state index >= 15 is 0 Å². The molecular weight excluding hydrogens is 344 g/mol. The number of nitrogens with zero attached hydrogens (tertiary/aromatic N) is 5. The molecule has 0 aromatic carbocycles. The molecule has 3 aromatic rings. The highest BCUT2D eigenvalue weighted by Gasteiger charge is 2.12. The van der Waals surface area contributed by atoms with Crippen LogP contribution in [0, 0.1) is 19.8 Å². The molecule has 1 unspecified atom stereocenters. The summed E-state index contributed by atoms with van der Waals surface area (Å²) >= 11 is 0. The molecule has 0 saturated carbocycles. The second-order valence-corrected chi connectivity index (χ2v) is 6.75.